The fourth-order valence-electron chi connectivity index (χ4n) is 11.2. The number of amides is 16. The monoisotopic (exact) mass is 1560 g/mol. The number of urea groups is 3. The molecule has 0 aromatic rings. The molecule has 11 unspecified atom stereocenters. The molecular formula is C72H119N15O23. The first-order chi connectivity index (χ1) is 51.6. The van der Waals surface area contributed by atoms with Crippen LogP contribution in [0.1, 0.15) is 142 Å². The van der Waals surface area contributed by atoms with E-state index in [0.29, 0.717) is 24.2 Å². The van der Waals surface area contributed by atoms with Crippen molar-refractivity contribution in [1.82, 2.24) is 71.9 Å². The van der Waals surface area contributed by atoms with Gasteiger partial charge in [0.15, 0.2) is 12.2 Å². The summed E-state index contributed by atoms with van der Waals surface area (Å²) in [4.78, 5) is 223. The number of hydrogen-bond acceptors (Lipinski definition) is 25. The molecule has 16 amide bonds. The van der Waals surface area contributed by atoms with Gasteiger partial charge < -0.3 is 92.1 Å². The van der Waals surface area contributed by atoms with Crippen LogP contribution >= 0.6 is 0 Å². The first-order valence-corrected chi connectivity index (χ1v) is 36.8. The molecule has 110 heavy (non-hydrogen) atoms. The van der Waals surface area contributed by atoms with Crippen LogP contribution in [0, 0.1) is 17.8 Å². The maximum Gasteiger partial charge on any atom is 0.408 e. The van der Waals surface area contributed by atoms with Gasteiger partial charge in [-0.2, -0.15) is 0 Å². The number of carbonyl (C=O) groups excluding carboxylic acids is 17. The third-order valence-corrected chi connectivity index (χ3v) is 16.7. The number of aliphatic hydroxyl groups excluding tert-OH is 2. The van der Waals surface area contributed by atoms with E-state index in [0.717, 1.165) is 24.5 Å². The highest BCUT2D eigenvalue weighted by Crippen LogP contribution is 2.25. The molecule has 11 atom stereocenters. The molecule has 0 aliphatic carbocycles. The van der Waals surface area contributed by atoms with Crippen LogP contribution in [0.15, 0.2) is 38.0 Å². The van der Waals surface area contributed by atoms with Gasteiger partial charge in [0.25, 0.3) is 23.6 Å². The Kier molecular flexibility index (Phi) is 43.3. The lowest BCUT2D eigenvalue weighted by Crippen LogP contribution is -2.59. The minimum absolute atomic E-state index is 0.0627. The molecule has 620 valence electrons. The van der Waals surface area contributed by atoms with Crippen LogP contribution < -0.4 is 48.3 Å². The molecule has 3 rings (SSSR count). The average Bonchev–Trinajstić information content (AvgIpc) is 1.65. The molecule has 0 spiro atoms. The Morgan fingerprint density at radius 1 is 0.500 bits per heavy atom. The second kappa shape index (κ2) is 48.5. The summed E-state index contributed by atoms with van der Waals surface area (Å²) in [7, 11) is 1.56. The summed E-state index contributed by atoms with van der Waals surface area (Å²) in [5.74, 6) is -10.9. The lowest BCUT2D eigenvalue weighted by atomic mass is 10.0. The number of rotatable bonds is 41. The van der Waals surface area contributed by atoms with E-state index in [4.69, 9.17) is 24.7 Å². The summed E-state index contributed by atoms with van der Waals surface area (Å²) >= 11 is 0. The molecule has 3 heterocycles. The van der Waals surface area contributed by atoms with Gasteiger partial charge >= 0.3 is 42.1 Å². The van der Waals surface area contributed by atoms with Crippen molar-refractivity contribution in [3.8, 4) is 0 Å². The number of imide groups is 3. The standard InChI is InChI=1S/C27H45N5O9.C23H37N5O7.C22H37N5O7/c1-9-12-17(21(34)23(36)28-13-10-2)29-22(35)18-14-31(15-19(33)40-11-3)26(39)32(18)24(37)20(16(4)5)30-25(38)41-27(6,7)8;1-7-10-15(19(30)21(32)25-11-8-2)26-20(31)16-12-27(13-17(29)35-9-3)23(34)28(16)22(33)18(24-6)14(4)5;1-6-9-14(18(29)20(31)24-10-7-2)25-19(30)15-11-26(12-16(28)34-8-3)22(33)27(15)21(32)17(23)13(4)5/h10,16-18,20-21,34H,2,9,11-15H2,1,3-8H3,(H,28,36)(H,29,35)(H,30,38);8,14-16,18,24H,2,7,9-13H2,1,3-6H3,(H,25,32)(H,26,31);7,13-15,17-18,29H,2,6,8-12,23H2,1,3-5H3,(H,24,31)(H,25,30). The van der Waals surface area contributed by atoms with Crippen molar-refractivity contribution in [2.45, 2.75) is 215 Å². The zero-order valence-corrected chi connectivity index (χ0v) is 66.4. The zero-order chi connectivity index (χ0) is 84.2. The Morgan fingerprint density at radius 3 is 1.15 bits per heavy atom. The summed E-state index contributed by atoms with van der Waals surface area (Å²) in [6.07, 6.45) is 2.40. The Balaban J connectivity index is 0.000000830. The highest BCUT2D eigenvalue weighted by atomic mass is 16.6. The SMILES string of the molecule is C=CCNC(=O)C(=O)C(CCC)NC(=O)C1CN(CC(=O)OCC)C(=O)N1C(=O)C(NC)C(C)C.C=CCNC(=O)C(O)C(CCC)NC(=O)C1CN(CC(=O)OCC)C(=O)N1C(=O)C(N)C(C)C.C=CCNC(=O)C(O)C(CCC)NC(=O)C1CN(CC(=O)OCC)C(=O)N1C(=O)C(NC(=O)OC(C)(C)C)C(C)C. The third-order valence-electron chi connectivity index (χ3n) is 16.7. The molecule has 0 saturated carbocycles. The molecule has 3 aliphatic heterocycles. The van der Waals surface area contributed by atoms with E-state index in [1.807, 2.05) is 6.92 Å². The minimum Gasteiger partial charge on any atom is -0.465 e. The summed E-state index contributed by atoms with van der Waals surface area (Å²) in [5, 5.41) is 41.4. The lowest BCUT2D eigenvalue weighted by molar-refractivity contribution is -0.144. The maximum absolute atomic E-state index is 13.7. The molecule has 38 heteroatoms. The fourth-order valence-corrected chi connectivity index (χ4v) is 11.2. The van der Waals surface area contributed by atoms with E-state index in [1.54, 1.807) is 104 Å². The van der Waals surface area contributed by atoms with Crippen molar-refractivity contribution < 1.29 is 111 Å². The predicted molar refractivity (Wildman–Crippen MR) is 398 cm³/mol. The van der Waals surface area contributed by atoms with E-state index < -0.39 is 199 Å². The topological polar surface area (TPSA) is 509 Å². The number of aliphatic hydroxyl groups is 2. The first-order valence-electron chi connectivity index (χ1n) is 36.8. The fraction of sp³-hybridized carbons (Fsp3) is 0.681. The van der Waals surface area contributed by atoms with Crippen molar-refractivity contribution in [2.24, 2.45) is 23.5 Å². The number of ether oxygens (including phenoxy) is 4. The summed E-state index contributed by atoms with van der Waals surface area (Å²) in [6, 6.07) is -12.9. The van der Waals surface area contributed by atoms with Crippen molar-refractivity contribution >= 4 is 101 Å². The van der Waals surface area contributed by atoms with Crippen LogP contribution in [0.5, 0.6) is 0 Å². The summed E-state index contributed by atoms with van der Waals surface area (Å²) < 4.78 is 19.9. The second-order valence-electron chi connectivity index (χ2n) is 27.7. The molecule has 12 N–H and O–H groups in total. The normalized spacial score (nSPS) is 17.6. The quantitative estimate of drug-likeness (QED) is 0.0157. The molecule has 0 bridgehead atoms. The lowest BCUT2D eigenvalue weighted by Gasteiger charge is -2.30. The number of nitrogens with one attached hydrogen (secondary N) is 8. The van der Waals surface area contributed by atoms with Gasteiger partial charge in [0.1, 0.15) is 49.4 Å². The number of nitrogens with two attached hydrogens (primary N) is 1. The average molecular weight is 1560 g/mol. The van der Waals surface area contributed by atoms with E-state index in [2.05, 4.69) is 62.3 Å². The van der Waals surface area contributed by atoms with Gasteiger partial charge in [0.2, 0.25) is 35.3 Å². The highest BCUT2D eigenvalue weighted by Gasteiger charge is 2.52. The van der Waals surface area contributed by atoms with Crippen molar-refractivity contribution in [2.75, 3.05) is 85.8 Å². The predicted octanol–water partition coefficient (Wildman–Crippen LogP) is -0.624. The minimum atomic E-state index is -1.62. The van der Waals surface area contributed by atoms with Crippen LogP contribution in [-0.2, 0) is 81.3 Å². The van der Waals surface area contributed by atoms with Gasteiger partial charge in [-0.25, -0.2) is 33.9 Å². The summed E-state index contributed by atoms with van der Waals surface area (Å²) in [5.41, 5.74) is 5.10. The largest absolute Gasteiger partial charge is 0.465 e. The Morgan fingerprint density at radius 2 is 0.836 bits per heavy atom. The van der Waals surface area contributed by atoms with Gasteiger partial charge in [-0.15, -0.1) is 19.7 Å². The van der Waals surface area contributed by atoms with Crippen LogP contribution in [-0.4, -0.2) is 299 Å². The first kappa shape index (κ1) is 98.1. The van der Waals surface area contributed by atoms with E-state index in [-0.39, 0.29) is 90.2 Å². The van der Waals surface area contributed by atoms with Gasteiger partial charge in [-0.3, -0.25) is 62.3 Å². The van der Waals surface area contributed by atoms with Crippen LogP contribution in [0.3, 0.4) is 0 Å². The highest BCUT2D eigenvalue weighted by molar-refractivity contribution is 6.38. The van der Waals surface area contributed by atoms with E-state index in [9.17, 15) is 91.7 Å². The maximum atomic E-state index is 13.7. The molecule has 3 aliphatic rings. The third kappa shape index (κ3) is 30.1. The zero-order valence-electron chi connectivity index (χ0n) is 66.4. The van der Waals surface area contributed by atoms with Crippen LogP contribution in [0.25, 0.3) is 0 Å². The Hall–Kier alpha value is -9.95. The smallest absolute Gasteiger partial charge is 0.408 e. The van der Waals surface area contributed by atoms with Crippen LogP contribution in [0.4, 0.5) is 19.2 Å². The van der Waals surface area contributed by atoms with Gasteiger partial charge in [0, 0.05) is 19.6 Å². The second-order valence-corrected chi connectivity index (χ2v) is 27.7. The number of likely N-dealkylation sites (N-methyl/N-ethyl adjacent to an activating group) is 1. The van der Waals surface area contributed by atoms with Gasteiger partial charge in [-0.05, 0) is 85.6 Å². The number of nitrogens with zero attached hydrogens (tertiary/aromatic N) is 6. The van der Waals surface area contributed by atoms with Crippen molar-refractivity contribution in [1.29, 1.82) is 0 Å². The van der Waals surface area contributed by atoms with Gasteiger partial charge in [-0.1, -0.05) is 99.8 Å². The molecule has 0 aromatic heterocycles. The molecule has 0 radical (unpaired) electrons. The number of esters is 3. The molecule has 38 nitrogen and oxygen atoms in total. The molecule has 3 saturated heterocycles. The number of Topliss-reactive ketones (excluding diaryl/α,β-unsaturated/α-hetero) is 1. The van der Waals surface area contributed by atoms with E-state index in [1.165, 1.54) is 18.2 Å². The number of ketones is 1. The molecular weight excluding hydrogens is 1440 g/mol. The molecule has 0 aromatic carbocycles. The number of hydrogen-bond donors (Lipinski definition) is 11. The molecule has 3 fully saturated rings. The van der Waals surface area contributed by atoms with Gasteiger partial charge in [0.05, 0.1) is 69.7 Å². The number of carbonyl (C=O) groups is 17. The van der Waals surface area contributed by atoms with E-state index >= 15 is 0 Å². The van der Waals surface area contributed by atoms with Crippen molar-refractivity contribution in [3.05, 3.63) is 38.0 Å². The Labute approximate surface area is 643 Å². The Bertz CT molecular complexity index is 3230. The van der Waals surface area contributed by atoms with Crippen LogP contribution in [0.2, 0.25) is 0 Å². The number of alkyl carbamates (subject to hydrolysis) is 1. The van der Waals surface area contributed by atoms with Crippen molar-refractivity contribution in [3.63, 3.8) is 0 Å². The summed E-state index contributed by atoms with van der Waals surface area (Å²) in [6.45, 7) is 34.2.